The lowest BCUT2D eigenvalue weighted by Gasteiger charge is -2.09. The monoisotopic (exact) mass is 298 g/mol. The highest BCUT2D eigenvalue weighted by Gasteiger charge is 2.28. The summed E-state index contributed by atoms with van der Waals surface area (Å²) in [5.41, 5.74) is 0.708. The van der Waals surface area contributed by atoms with E-state index < -0.39 is 29.3 Å². The Morgan fingerprint density at radius 2 is 2.11 bits per heavy atom. The van der Waals surface area contributed by atoms with Crippen molar-refractivity contribution in [1.29, 1.82) is 0 Å². The molecule has 0 saturated carbocycles. The fourth-order valence-electron chi connectivity index (χ4n) is 1.04. The summed E-state index contributed by atoms with van der Waals surface area (Å²) in [5.74, 6) is -1.11. The van der Waals surface area contributed by atoms with Crippen LogP contribution in [-0.4, -0.2) is 23.6 Å². The fraction of sp³-hybridized carbons (Fsp3) is 0.222. The van der Waals surface area contributed by atoms with Gasteiger partial charge in [0.1, 0.15) is 0 Å². The minimum absolute atomic E-state index is 0.154. The lowest BCUT2D eigenvalue weighted by Crippen LogP contribution is -2.29. The summed E-state index contributed by atoms with van der Waals surface area (Å²) in [5, 5.41) is 10.3. The molecule has 1 amide bonds. The van der Waals surface area contributed by atoms with E-state index in [0.29, 0.717) is 0 Å². The number of rotatable bonds is 4. The maximum absolute atomic E-state index is 11.8. The number of alkyl halides is 3. The van der Waals surface area contributed by atoms with E-state index in [9.17, 15) is 28.1 Å². The van der Waals surface area contributed by atoms with Gasteiger partial charge in [0.2, 0.25) is 0 Å². The number of non-ortho nitro benzene ring substituents is 1. The van der Waals surface area contributed by atoms with E-state index in [1.54, 1.807) is 0 Å². The molecule has 0 aliphatic carbocycles. The number of hydroxylamine groups is 1. The van der Waals surface area contributed by atoms with Crippen molar-refractivity contribution in [2.24, 2.45) is 0 Å². The van der Waals surface area contributed by atoms with Crippen LogP contribution in [0.3, 0.4) is 0 Å². The number of nitrogens with zero attached hydrogens (tertiary/aromatic N) is 1. The Morgan fingerprint density at radius 3 is 2.63 bits per heavy atom. The van der Waals surface area contributed by atoms with Crippen molar-refractivity contribution in [3.05, 3.63) is 38.9 Å². The van der Waals surface area contributed by atoms with Gasteiger partial charge in [0.05, 0.1) is 15.5 Å². The number of hydrogen-bond donors (Lipinski definition) is 1. The number of carbonyl (C=O) groups is 1. The summed E-state index contributed by atoms with van der Waals surface area (Å²) >= 11 is 5.60. The molecule has 1 aromatic carbocycles. The molecule has 10 heteroatoms. The van der Waals surface area contributed by atoms with Gasteiger partial charge in [-0.1, -0.05) is 11.6 Å². The van der Waals surface area contributed by atoms with Gasteiger partial charge < -0.3 is 0 Å². The Hall–Kier alpha value is -1.87. The van der Waals surface area contributed by atoms with Crippen LogP contribution in [0.2, 0.25) is 5.02 Å². The largest absolute Gasteiger partial charge is 0.414 e. The van der Waals surface area contributed by atoms with Crippen LogP contribution in [-0.2, 0) is 4.84 Å². The maximum Gasteiger partial charge on any atom is 0.414 e. The first-order valence-corrected chi connectivity index (χ1v) is 5.01. The minimum atomic E-state index is -4.61. The van der Waals surface area contributed by atoms with Gasteiger partial charge in [0.25, 0.3) is 11.6 Å². The molecule has 0 aliphatic heterocycles. The van der Waals surface area contributed by atoms with Crippen molar-refractivity contribution >= 4 is 23.2 Å². The fourth-order valence-corrected chi connectivity index (χ4v) is 1.24. The molecule has 0 fully saturated rings. The number of amides is 1. The zero-order valence-corrected chi connectivity index (χ0v) is 9.79. The number of halogens is 4. The Bertz CT molecular complexity index is 507. The molecule has 104 valence electrons. The van der Waals surface area contributed by atoms with Crippen LogP contribution in [0.1, 0.15) is 10.4 Å². The molecule has 0 radical (unpaired) electrons. The number of nitrogens with one attached hydrogen (secondary N) is 1. The molecule has 1 aromatic rings. The van der Waals surface area contributed by atoms with Gasteiger partial charge in [-0.05, 0) is 6.07 Å². The molecule has 0 unspecified atom stereocenters. The summed E-state index contributed by atoms with van der Waals surface area (Å²) in [6, 6.07) is 2.96. The van der Waals surface area contributed by atoms with E-state index in [0.717, 1.165) is 18.2 Å². The third-order valence-corrected chi connectivity index (χ3v) is 2.14. The van der Waals surface area contributed by atoms with Crippen molar-refractivity contribution in [2.75, 3.05) is 6.61 Å². The molecule has 19 heavy (non-hydrogen) atoms. The van der Waals surface area contributed by atoms with E-state index in [4.69, 9.17) is 11.6 Å². The predicted octanol–water partition coefficient (Wildman–Crippen LogP) is 2.47. The molecular formula is C9H6ClF3N2O4. The lowest BCUT2D eigenvalue weighted by atomic mass is 10.2. The molecule has 0 bridgehead atoms. The molecule has 0 saturated heterocycles. The van der Waals surface area contributed by atoms with Gasteiger partial charge in [-0.3, -0.25) is 19.7 Å². The van der Waals surface area contributed by atoms with Crippen molar-refractivity contribution < 1.29 is 27.7 Å². The van der Waals surface area contributed by atoms with Crippen LogP contribution in [0.15, 0.2) is 18.2 Å². The smallest absolute Gasteiger partial charge is 0.267 e. The highest BCUT2D eigenvalue weighted by molar-refractivity contribution is 6.33. The Balaban J connectivity index is 2.76. The van der Waals surface area contributed by atoms with Crippen LogP contribution in [0.5, 0.6) is 0 Å². The summed E-state index contributed by atoms with van der Waals surface area (Å²) in [6.07, 6.45) is -4.61. The highest BCUT2D eigenvalue weighted by Crippen LogP contribution is 2.22. The predicted molar refractivity (Wildman–Crippen MR) is 57.6 cm³/mol. The van der Waals surface area contributed by atoms with Crippen molar-refractivity contribution in [2.45, 2.75) is 6.18 Å². The highest BCUT2D eigenvalue weighted by atomic mass is 35.5. The second-order valence-electron chi connectivity index (χ2n) is 3.26. The van der Waals surface area contributed by atoms with Gasteiger partial charge >= 0.3 is 6.18 Å². The van der Waals surface area contributed by atoms with Gasteiger partial charge in [0.15, 0.2) is 6.61 Å². The van der Waals surface area contributed by atoms with Gasteiger partial charge in [-0.25, -0.2) is 5.48 Å². The Morgan fingerprint density at radius 1 is 1.47 bits per heavy atom. The lowest BCUT2D eigenvalue weighted by molar-refractivity contribution is -0.384. The second-order valence-corrected chi connectivity index (χ2v) is 3.66. The first kappa shape index (κ1) is 15.2. The topological polar surface area (TPSA) is 81.5 Å². The number of hydrogen-bond acceptors (Lipinski definition) is 4. The Labute approximate surface area is 109 Å². The quantitative estimate of drug-likeness (QED) is 0.684. The minimum Gasteiger partial charge on any atom is -0.267 e. The van der Waals surface area contributed by atoms with Crippen LogP contribution >= 0.6 is 11.6 Å². The van der Waals surface area contributed by atoms with Crippen molar-refractivity contribution in [3.63, 3.8) is 0 Å². The average molecular weight is 299 g/mol. The van der Waals surface area contributed by atoms with Crippen LogP contribution in [0.4, 0.5) is 18.9 Å². The average Bonchev–Trinajstić information content (AvgIpc) is 2.27. The van der Waals surface area contributed by atoms with Crippen LogP contribution < -0.4 is 5.48 Å². The number of carbonyl (C=O) groups excluding carboxylic acids is 1. The number of nitro groups is 1. The van der Waals surface area contributed by atoms with Crippen molar-refractivity contribution in [3.8, 4) is 0 Å². The van der Waals surface area contributed by atoms with Gasteiger partial charge in [-0.2, -0.15) is 13.2 Å². The standard InChI is InChI=1S/C9H6ClF3N2O4/c10-7-2-1-5(15(17)18)3-6(7)8(16)14-19-4-9(11,12)13/h1-3H,4H2,(H,14,16). The van der Waals surface area contributed by atoms with Gasteiger partial charge in [0, 0.05) is 12.1 Å². The zero-order chi connectivity index (χ0) is 14.6. The molecule has 1 rings (SSSR count). The molecular weight excluding hydrogens is 293 g/mol. The third-order valence-electron chi connectivity index (χ3n) is 1.81. The van der Waals surface area contributed by atoms with E-state index in [1.807, 2.05) is 0 Å². The number of benzene rings is 1. The van der Waals surface area contributed by atoms with E-state index >= 15 is 0 Å². The van der Waals surface area contributed by atoms with Crippen molar-refractivity contribution in [1.82, 2.24) is 5.48 Å². The van der Waals surface area contributed by atoms with Gasteiger partial charge in [-0.15, -0.1) is 0 Å². The zero-order valence-electron chi connectivity index (χ0n) is 9.03. The third kappa shape index (κ3) is 4.72. The summed E-state index contributed by atoms with van der Waals surface area (Å²) in [6.45, 7) is -1.69. The van der Waals surface area contributed by atoms with E-state index in [2.05, 4.69) is 4.84 Å². The molecule has 6 nitrogen and oxygen atoms in total. The SMILES string of the molecule is O=C(NOCC(F)(F)F)c1cc([N+](=O)[O-])ccc1Cl. The first-order valence-electron chi connectivity index (χ1n) is 4.63. The normalized spacial score (nSPS) is 11.2. The van der Waals surface area contributed by atoms with E-state index in [-0.39, 0.29) is 10.6 Å². The molecule has 0 aromatic heterocycles. The molecule has 0 aliphatic rings. The summed E-state index contributed by atoms with van der Waals surface area (Å²) in [7, 11) is 0. The van der Waals surface area contributed by atoms with Crippen LogP contribution in [0, 0.1) is 10.1 Å². The van der Waals surface area contributed by atoms with Crippen LogP contribution in [0.25, 0.3) is 0 Å². The summed E-state index contributed by atoms with van der Waals surface area (Å²) in [4.78, 5) is 25.0. The second kappa shape index (κ2) is 5.85. The molecule has 1 N–H and O–H groups in total. The Kier molecular flexibility index (Phi) is 4.67. The molecule has 0 spiro atoms. The molecule has 0 atom stereocenters. The first-order chi connectivity index (χ1) is 8.70. The summed E-state index contributed by atoms with van der Waals surface area (Å²) < 4.78 is 35.3. The van der Waals surface area contributed by atoms with E-state index in [1.165, 1.54) is 5.48 Å². The maximum atomic E-state index is 11.8. The molecule has 0 heterocycles. The number of nitro benzene ring substituents is 1.